The Labute approximate surface area is 234 Å². The van der Waals surface area contributed by atoms with Gasteiger partial charge in [-0.15, -0.1) is 0 Å². The summed E-state index contributed by atoms with van der Waals surface area (Å²) in [6.45, 7) is 2.05. The number of hydrogen-bond donors (Lipinski definition) is 1. The van der Waals surface area contributed by atoms with Crippen LogP contribution in [0.1, 0.15) is 40.7 Å². The monoisotopic (exact) mass is 543 g/mol. The average molecular weight is 544 g/mol. The van der Waals surface area contributed by atoms with Crippen molar-refractivity contribution in [1.82, 2.24) is 4.90 Å². The van der Waals surface area contributed by atoms with E-state index in [1.165, 1.54) is 26.7 Å². The number of likely N-dealkylation sites (tertiary alicyclic amines) is 1. The zero-order valence-corrected chi connectivity index (χ0v) is 22.7. The molecule has 0 aromatic heterocycles. The fraction of sp³-hybridized carbons (Fsp3) is 0.250. The lowest BCUT2D eigenvalue weighted by molar-refractivity contribution is -0.126. The van der Waals surface area contributed by atoms with E-state index < -0.39 is 0 Å². The van der Waals surface area contributed by atoms with E-state index in [9.17, 15) is 14.7 Å². The molecule has 8 heteroatoms. The quantitative estimate of drug-likeness (QED) is 0.234. The van der Waals surface area contributed by atoms with Gasteiger partial charge in [0.25, 0.3) is 0 Å². The smallest absolute Gasteiger partial charge is 0.246 e. The number of methoxy groups -OCH3 is 2. The van der Waals surface area contributed by atoms with Crippen molar-refractivity contribution in [2.75, 3.05) is 34.1 Å². The average Bonchev–Trinajstić information content (AvgIpc) is 3.47. The normalized spacial score (nSPS) is 14.1. The maximum absolute atomic E-state index is 12.4. The Kier molecular flexibility index (Phi) is 9.83. The van der Waals surface area contributed by atoms with Crippen LogP contribution in [0.2, 0.25) is 0 Å². The number of allylic oxidation sites excluding steroid dienone is 2. The molecule has 1 amide bonds. The first-order chi connectivity index (χ1) is 19.5. The lowest BCUT2D eigenvalue weighted by Gasteiger charge is -2.25. The second-order valence-electron chi connectivity index (χ2n) is 9.14. The summed E-state index contributed by atoms with van der Waals surface area (Å²) in [5.41, 5.74) is 1.64. The van der Waals surface area contributed by atoms with Gasteiger partial charge in [-0.3, -0.25) is 9.59 Å². The first-order valence-corrected chi connectivity index (χ1v) is 13.1. The van der Waals surface area contributed by atoms with Crippen LogP contribution in [0.5, 0.6) is 28.7 Å². The van der Waals surface area contributed by atoms with Crippen molar-refractivity contribution in [3.05, 3.63) is 95.6 Å². The molecule has 8 nitrogen and oxygen atoms in total. The number of piperidine rings is 1. The third kappa shape index (κ3) is 7.22. The van der Waals surface area contributed by atoms with E-state index in [2.05, 4.69) is 0 Å². The molecule has 0 atom stereocenters. The number of hydrogen-bond acceptors (Lipinski definition) is 7. The van der Waals surface area contributed by atoms with Gasteiger partial charge in [-0.2, -0.15) is 0 Å². The zero-order chi connectivity index (χ0) is 28.3. The number of nitrogens with zero attached hydrogens (tertiary/aromatic N) is 1. The van der Waals surface area contributed by atoms with Crippen molar-refractivity contribution in [2.24, 2.45) is 0 Å². The minimum Gasteiger partial charge on any atom is -0.507 e. The summed E-state index contributed by atoms with van der Waals surface area (Å²) in [6, 6.07) is 17.5. The Hall–Kier alpha value is -4.72. The Morgan fingerprint density at radius 2 is 1.62 bits per heavy atom. The van der Waals surface area contributed by atoms with Crippen LogP contribution in [0, 0.1) is 0 Å². The molecule has 5 rings (SSSR count). The molecule has 0 unspecified atom stereocenters. The van der Waals surface area contributed by atoms with Gasteiger partial charge in [0.15, 0.2) is 11.5 Å². The number of phenols is 1. The summed E-state index contributed by atoms with van der Waals surface area (Å²) in [7, 11) is 2.92. The van der Waals surface area contributed by atoms with E-state index in [1.54, 1.807) is 42.5 Å². The summed E-state index contributed by atoms with van der Waals surface area (Å²) in [5, 5.41) is 9.99. The van der Waals surface area contributed by atoms with Crippen molar-refractivity contribution in [1.29, 1.82) is 0 Å². The molecule has 0 spiro atoms. The molecule has 3 aromatic carbocycles. The number of fused-ring (bicyclic) bond motifs is 1. The maximum Gasteiger partial charge on any atom is 0.246 e. The molecule has 1 fully saturated rings. The first kappa shape index (κ1) is 28.3. The van der Waals surface area contributed by atoms with Gasteiger partial charge in [-0.25, -0.2) is 0 Å². The molecule has 0 radical (unpaired) electrons. The van der Waals surface area contributed by atoms with E-state index in [0.29, 0.717) is 11.3 Å². The summed E-state index contributed by atoms with van der Waals surface area (Å²) in [5.74, 6) is 1.91. The number of amides is 1. The summed E-state index contributed by atoms with van der Waals surface area (Å²) in [4.78, 5) is 26.2. The highest BCUT2D eigenvalue weighted by Gasteiger charge is 2.20. The van der Waals surface area contributed by atoms with Crippen molar-refractivity contribution < 1.29 is 33.6 Å². The minimum absolute atomic E-state index is 0.102. The van der Waals surface area contributed by atoms with Crippen LogP contribution >= 0.6 is 0 Å². The van der Waals surface area contributed by atoms with Crippen molar-refractivity contribution in [3.8, 4) is 28.7 Å². The van der Waals surface area contributed by atoms with Crippen LogP contribution in [-0.2, 0) is 4.79 Å². The van der Waals surface area contributed by atoms with Crippen molar-refractivity contribution >= 4 is 17.8 Å². The number of aromatic hydroxyl groups is 1. The molecule has 3 aromatic rings. The summed E-state index contributed by atoms with van der Waals surface area (Å²) < 4.78 is 20.8. The van der Waals surface area contributed by atoms with Crippen molar-refractivity contribution in [2.45, 2.75) is 19.3 Å². The second-order valence-corrected chi connectivity index (χ2v) is 9.14. The molecule has 2 aliphatic heterocycles. The van der Waals surface area contributed by atoms with E-state index in [1.807, 2.05) is 41.3 Å². The largest absolute Gasteiger partial charge is 0.507 e. The van der Waals surface area contributed by atoms with Crippen LogP contribution < -0.4 is 18.9 Å². The molecule has 1 saturated heterocycles. The number of ether oxygens (including phenoxy) is 4. The Morgan fingerprint density at radius 1 is 0.875 bits per heavy atom. The number of carbonyl (C=O) groups is 2. The molecule has 2 aliphatic rings. The third-order valence-corrected chi connectivity index (χ3v) is 6.48. The summed E-state index contributed by atoms with van der Waals surface area (Å²) >= 11 is 0. The van der Waals surface area contributed by atoms with Gasteiger partial charge in [0.2, 0.25) is 18.5 Å². The predicted molar refractivity (Wildman–Crippen MR) is 152 cm³/mol. The maximum atomic E-state index is 12.4. The van der Waals surface area contributed by atoms with Gasteiger partial charge in [-0.05, 0) is 37.0 Å². The third-order valence-electron chi connectivity index (χ3n) is 6.48. The topological polar surface area (TPSA) is 94.5 Å². The van der Waals surface area contributed by atoms with Gasteiger partial charge in [0.05, 0.1) is 14.2 Å². The zero-order valence-electron chi connectivity index (χ0n) is 22.7. The van der Waals surface area contributed by atoms with E-state index in [-0.39, 0.29) is 35.5 Å². The van der Waals surface area contributed by atoms with Gasteiger partial charge in [0.1, 0.15) is 22.8 Å². The highest BCUT2D eigenvalue weighted by atomic mass is 16.7. The van der Waals surface area contributed by atoms with Crippen LogP contribution in [-0.4, -0.2) is 55.8 Å². The molecule has 2 heterocycles. The molecule has 208 valence electrons. The fourth-order valence-corrected chi connectivity index (χ4v) is 4.36. The molecule has 0 saturated carbocycles. The molecular formula is C32H33NO7. The van der Waals surface area contributed by atoms with E-state index >= 15 is 0 Å². The van der Waals surface area contributed by atoms with Crippen LogP contribution in [0.25, 0.3) is 6.08 Å². The standard InChI is InChI=1S/C17H19NO3.C15H14O4/c19-17(18-10-4-1-5-11-18)7-3-2-6-14-8-9-15-16(12-14)21-13-20-15;1-18-11-8-12(16)14(13(9-11)19-2)15(17)10-6-4-3-5-7-10/h2-3,6-9,12H,1,4-5,10-11,13H2;3-9,16H,1-2H3. The van der Waals surface area contributed by atoms with Gasteiger partial charge in [-0.1, -0.05) is 54.6 Å². The molecule has 1 N–H and O–H groups in total. The predicted octanol–water partition coefficient (Wildman–Crippen LogP) is 5.64. The van der Waals surface area contributed by atoms with Crippen LogP contribution in [0.3, 0.4) is 0 Å². The minimum atomic E-state index is -0.294. The fourth-order valence-electron chi connectivity index (χ4n) is 4.36. The van der Waals surface area contributed by atoms with Gasteiger partial charge < -0.3 is 29.0 Å². The molecule has 40 heavy (non-hydrogen) atoms. The second kappa shape index (κ2) is 13.9. The number of ketones is 1. The Balaban J connectivity index is 0.000000186. The molecule has 0 bridgehead atoms. The Morgan fingerprint density at radius 3 is 2.35 bits per heavy atom. The number of benzene rings is 3. The highest BCUT2D eigenvalue weighted by Crippen LogP contribution is 2.35. The number of carbonyl (C=O) groups excluding carboxylic acids is 2. The van der Waals surface area contributed by atoms with Crippen LogP contribution in [0.4, 0.5) is 0 Å². The summed E-state index contributed by atoms with van der Waals surface area (Å²) in [6.07, 6.45) is 10.7. The van der Waals surface area contributed by atoms with Crippen LogP contribution in [0.15, 0.2) is 78.9 Å². The highest BCUT2D eigenvalue weighted by molar-refractivity contribution is 6.12. The SMILES string of the molecule is COc1cc(O)c(C(=O)c2ccccc2)c(OC)c1.O=C(C=CC=Cc1ccc2c(c1)OCO2)N1CCCCC1. The number of rotatable bonds is 7. The number of phenolic OH excluding ortho intramolecular Hbond substituents is 1. The molecular weight excluding hydrogens is 510 g/mol. The van der Waals surface area contributed by atoms with Gasteiger partial charge in [0, 0.05) is 36.9 Å². The molecule has 0 aliphatic carbocycles. The lowest BCUT2D eigenvalue weighted by atomic mass is 10.0. The van der Waals surface area contributed by atoms with E-state index in [4.69, 9.17) is 18.9 Å². The Bertz CT molecular complexity index is 1380. The van der Waals surface area contributed by atoms with Gasteiger partial charge >= 0.3 is 0 Å². The van der Waals surface area contributed by atoms with Crippen molar-refractivity contribution in [3.63, 3.8) is 0 Å². The lowest BCUT2D eigenvalue weighted by Crippen LogP contribution is -2.34. The van der Waals surface area contributed by atoms with E-state index in [0.717, 1.165) is 43.0 Å². The first-order valence-electron chi connectivity index (χ1n) is 13.1.